The summed E-state index contributed by atoms with van der Waals surface area (Å²) in [5, 5.41) is 0. The predicted octanol–water partition coefficient (Wildman–Crippen LogP) is 20.7. The molecule has 0 aromatic rings. The van der Waals surface area contributed by atoms with Crippen molar-refractivity contribution in [2.75, 3.05) is 19.8 Å². The van der Waals surface area contributed by atoms with E-state index in [0.717, 1.165) is 70.6 Å². The van der Waals surface area contributed by atoms with Crippen molar-refractivity contribution >= 4 is 11.9 Å². The van der Waals surface area contributed by atoms with Gasteiger partial charge in [0, 0.05) is 19.4 Å². The molecule has 0 amide bonds. The van der Waals surface area contributed by atoms with E-state index in [9.17, 15) is 9.59 Å². The van der Waals surface area contributed by atoms with E-state index in [1.807, 2.05) is 0 Å². The first-order chi connectivity index (χ1) is 33.6. The fourth-order valence-corrected chi connectivity index (χ4v) is 8.88. The lowest BCUT2D eigenvalue weighted by Crippen LogP contribution is -2.30. The van der Waals surface area contributed by atoms with Gasteiger partial charge >= 0.3 is 11.9 Å². The molecule has 5 heteroatoms. The average Bonchev–Trinajstić information content (AvgIpc) is 3.34. The molecule has 0 radical (unpaired) electrons. The van der Waals surface area contributed by atoms with Crippen molar-refractivity contribution in [3.63, 3.8) is 0 Å². The Labute approximate surface area is 424 Å². The fraction of sp³-hybridized carbons (Fsp3) is 0.841. The second kappa shape index (κ2) is 59.2. The second-order valence-electron chi connectivity index (χ2n) is 20.2. The van der Waals surface area contributed by atoms with E-state index >= 15 is 0 Å². The van der Waals surface area contributed by atoms with E-state index in [1.54, 1.807) is 0 Å². The first-order valence-corrected chi connectivity index (χ1v) is 30.2. The standard InChI is InChI=1S/C63H116O5/c1-4-7-10-13-16-19-22-25-27-29-31-33-35-37-40-43-46-49-52-55-58-66-59-61(68-63(65)57-54-51-48-45-42-38-24-21-18-15-12-9-6-3)60-67-62(64)56-53-50-47-44-41-39-36-34-32-30-28-26-23-20-17-14-11-8-5-2/h9,12,18,21,26,28,38,42,61H,4-8,10-11,13-17,19-20,22-25,27,29-37,39-41,43-60H2,1-3H3/b12-9-,21-18-,28-26-,42-38-. The van der Waals surface area contributed by atoms with Gasteiger partial charge in [0.15, 0.2) is 6.10 Å². The highest BCUT2D eigenvalue weighted by Gasteiger charge is 2.17. The van der Waals surface area contributed by atoms with Crippen LogP contribution in [0.25, 0.3) is 0 Å². The Kier molecular flexibility index (Phi) is 57.3. The Morgan fingerprint density at radius 2 is 0.662 bits per heavy atom. The summed E-state index contributed by atoms with van der Waals surface area (Å²) < 4.78 is 17.5. The van der Waals surface area contributed by atoms with Crippen molar-refractivity contribution in [2.45, 2.75) is 322 Å². The van der Waals surface area contributed by atoms with E-state index in [0.29, 0.717) is 19.4 Å². The molecule has 0 N–H and O–H groups in total. The fourth-order valence-electron chi connectivity index (χ4n) is 8.88. The maximum Gasteiger partial charge on any atom is 0.306 e. The Morgan fingerprint density at radius 1 is 0.338 bits per heavy atom. The van der Waals surface area contributed by atoms with Crippen LogP contribution in [0.1, 0.15) is 316 Å². The molecule has 0 saturated carbocycles. The lowest BCUT2D eigenvalue weighted by molar-refractivity contribution is -0.163. The first-order valence-electron chi connectivity index (χ1n) is 30.2. The number of ether oxygens (including phenoxy) is 3. The number of carbonyl (C=O) groups excluding carboxylic acids is 2. The Bertz CT molecular complexity index is 1120. The molecule has 0 fully saturated rings. The monoisotopic (exact) mass is 953 g/mol. The van der Waals surface area contributed by atoms with Gasteiger partial charge in [-0.25, -0.2) is 0 Å². The third-order valence-electron chi connectivity index (χ3n) is 13.3. The molecule has 0 heterocycles. The van der Waals surface area contributed by atoms with E-state index in [-0.39, 0.29) is 25.2 Å². The number of esters is 2. The van der Waals surface area contributed by atoms with Crippen molar-refractivity contribution in [3.8, 4) is 0 Å². The summed E-state index contributed by atoms with van der Waals surface area (Å²) in [5.41, 5.74) is 0. The van der Waals surface area contributed by atoms with Crippen LogP contribution in [-0.4, -0.2) is 37.9 Å². The van der Waals surface area contributed by atoms with Crippen LogP contribution in [0.2, 0.25) is 0 Å². The van der Waals surface area contributed by atoms with Crippen molar-refractivity contribution in [3.05, 3.63) is 48.6 Å². The number of carbonyl (C=O) groups is 2. The molecule has 0 aromatic heterocycles. The van der Waals surface area contributed by atoms with Crippen LogP contribution in [-0.2, 0) is 23.8 Å². The lowest BCUT2D eigenvalue weighted by Gasteiger charge is -2.18. The molecule has 0 saturated heterocycles. The average molecular weight is 954 g/mol. The molecule has 0 aliphatic rings. The van der Waals surface area contributed by atoms with Crippen molar-refractivity contribution in [1.29, 1.82) is 0 Å². The van der Waals surface area contributed by atoms with E-state index in [1.165, 1.54) is 212 Å². The summed E-state index contributed by atoms with van der Waals surface area (Å²) in [6.45, 7) is 7.74. The molecule has 398 valence electrons. The largest absolute Gasteiger partial charge is 0.462 e. The zero-order valence-corrected chi connectivity index (χ0v) is 45.9. The summed E-state index contributed by atoms with van der Waals surface area (Å²) in [6.07, 6.45) is 74.4. The van der Waals surface area contributed by atoms with Gasteiger partial charge in [0.2, 0.25) is 0 Å². The Balaban J connectivity index is 4.21. The summed E-state index contributed by atoms with van der Waals surface area (Å²) in [4.78, 5) is 25.5. The van der Waals surface area contributed by atoms with Crippen LogP contribution < -0.4 is 0 Å². The molecule has 0 aromatic carbocycles. The molecule has 0 spiro atoms. The summed E-state index contributed by atoms with van der Waals surface area (Å²) in [6, 6.07) is 0. The van der Waals surface area contributed by atoms with Crippen LogP contribution in [0.4, 0.5) is 0 Å². The summed E-state index contributed by atoms with van der Waals surface area (Å²) in [5.74, 6) is -0.417. The van der Waals surface area contributed by atoms with Crippen LogP contribution >= 0.6 is 0 Å². The van der Waals surface area contributed by atoms with Crippen LogP contribution in [0.3, 0.4) is 0 Å². The third-order valence-corrected chi connectivity index (χ3v) is 13.3. The van der Waals surface area contributed by atoms with Crippen LogP contribution in [0, 0.1) is 0 Å². The maximum absolute atomic E-state index is 12.8. The van der Waals surface area contributed by atoms with Crippen LogP contribution in [0.5, 0.6) is 0 Å². The predicted molar refractivity (Wildman–Crippen MR) is 298 cm³/mol. The van der Waals surface area contributed by atoms with Crippen molar-refractivity contribution in [2.24, 2.45) is 0 Å². The third kappa shape index (κ3) is 56.4. The highest BCUT2D eigenvalue weighted by molar-refractivity contribution is 5.70. The van der Waals surface area contributed by atoms with Gasteiger partial charge in [-0.1, -0.05) is 275 Å². The smallest absolute Gasteiger partial charge is 0.306 e. The zero-order valence-electron chi connectivity index (χ0n) is 45.9. The van der Waals surface area contributed by atoms with Gasteiger partial charge in [0.05, 0.1) is 6.61 Å². The lowest BCUT2D eigenvalue weighted by atomic mass is 10.0. The molecule has 0 aliphatic carbocycles. The number of rotatable bonds is 56. The molecule has 1 unspecified atom stereocenters. The van der Waals surface area contributed by atoms with E-state index < -0.39 is 6.10 Å². The Morgan fingerprint density at radius 3 is 1.09 bits per heavy atom. The van der Waals surface area contributed by atoms with Gasteiger partial charge in [-0.15, -0.1) is 0 Å². The topological polar surface area (TPSA) is 61.8 Å². The number of unbranched alkanes of at least 4 members (excludes halogenated alkanes) is 37. The number of hydrogen-bond donors (Lipinski definition) is 0. The minimum absolute atomic E-state index is 0.0763. The minimum atomic E-state index is -0.550. The quantitative estimate of drug-likeness (QED) is 0.0345. The van der Waals surface area contributed by atoms with E-state index in [4.69, 9.17) is 14.2 Å². The van der Waals surface area contributed by atoms with Crippen molar-refractivity contribution < 1.29 is 23.8 Å². The Hall–Kier alpha value is -2.14. The van der Waals surface area contributed by atoms with E-state index in [2.05, 4.69) is 69.4 Å². The molecular weight excluding hydrogens is 837 g/mol. The minimum Gasteiger partial charge on any atom is -0.462 e. The summed E-state index contributed by atoms with van der Waals surface area (Å²) >= 11 is 0. The molecule has 0 rings (SSSR count). The molecule has 68 heavy (non-hydrogen) atoms. The van der Waals surface area contributed by atoms with Gasteiger partial charge in [-0.3, -0.25) is 9.59 Å². The number of allylic oxidation sites excluding steroid dienone is 8. The van der Waals surface area contributed by atoms with Gasteiger partial charge in [0.1, 0.15) is 6.61 Å². The van der Waals surface area contributed by atoms with Crippen LogP contribution in [0.15, 0.2) is 48.6 Å². The number of hydrogen-bond acceptors (Lipinski definition) is 5. The molecule has 1 atom stereocenters. The van der Waals surface area contributed by atoms with Gasteiger partial charge in [-0.2, -0.15) is 0 Å². The maximum atomic E-state index is 12.8. The van der Waals surface area contributed by atoms with Crippen molar-refractivity contribution in [1.82, 2.24) is 0 Å². The highest BCUT2D eigenvalue weighted by Crippen LogP contribution is 2.17. The molecule has 0 aliphatic heterocycles. The van der Waals surface area contributed by atoms with Gasteiger partial charge in [-0.05, 0) is 77.0 Å². The molecular formula is C63H116O5. The van der Waals surface area contributed by atoms with Gasteiger partial charge < -0.3 is 14.2 Å². The highest BCUT2D eigenvalue weighted by atomic mass is 16.6. The second-order valence-corrected chi connectivity index (χ2v) is 20.2. The SMILES string of the molecule is CC/C=C\C/C=C\C/C=C\CCCCCC(=O)OC(COCCCCCCCCCCCCCCCCCCCCCC)COC(=O)CCCCCCCCCCC/C=C\CCCCCCCC. The molecule has 5 nitrogen and oxygen atoms in total. The normalized spacial score (nSPS) is 12.5. The first kappa shape index (κ1) is 65.9. The van der Waals surface area contributed by atoms with Gasteiger partial charge in [0.25, 0.3) is 0 Å². The summed E-state index contributed by atoms with van der Waals surface area (Å²) in [7, 11) is 0. The zero-order chi connectivity index (χ0) is 49.2. The molecule has 0 bridgehead atoms.